The zero-order valence-corrected chi connectivity index (χ0v) is 17.7. The van der Waals surface area contributed by atoms with Crippen LogP contribution in [0, 0.1) is 6.92 Å². The van der Waals surface area contributed by atoms with Gasteiger partial charge in [0.25, 0.3) is 0 Å². The number of aromatic nitrogens is 1. The van der Waals surface area contributed by atoms with Gasteiger partial charge in [0.15, 0.2) is 5.96 Å². The van der Waals surface area contributed by atoms with E-state index in [9.17, 15) is 0 Å². The molecule has 7 heteroatoms. The Kier molecular flexibility index (Phi) is 7.30. The first-order chi connectivity index (χ1) is 14.1. The minimum absolute atomic E-state index is 0.231. The minimum Gasteiger partial charge on any atom is -0.496 e. The van der Waals surface area contributed by atoms with Crippen molar-refractivity contribution >= 4 is 11.8 Å². The zero-order chi connectivity index (χ0) is 20.6. The molecule has 0 saturated carbocycles. The third-order valence-electron chi connectivity index (χ3n) is 4.95. The summed E-state index contributed by atoms with van der Waals surface area (Å²) in [7, 11) is 3.47. The number of pyridine rings is 1. The molecule has 0 spiro atoms. The topological polar surface area (TPSA) is 71.0 Å². The largest absolute Gasteiger partial charge is 0.496 e. The van der Waals surface area contributed by atoms with Crippen molar-refractivity contribution in [1.29, 1.82) is 0 Å². The van der Waals surface area contributed by atoms with Gasteiger partial charge in [-0.2, -0.15) is 0 Å². The average Bonchev–Trinajstić information content (AvgIpc) is 2.74. The summed E-state index contributed by atoms with van der Waals surface area (Å²) in [5, 5.41) is 6.72. The summed E-state index contributed by atoms with van der Waals surface area (Å²) < 4.78 is 11.1. The van der Waals surface area contributed by atoms with E-state index in [1.807, 2.05) is 18.3 Å². The summed E-state index contributed by atoms with van der Waals surface area (Å²) in [4.78, 5) is 11.1. The molecule has 1 saturated heterocycles. The van der Waals surface area contributed by atoms with Gasteiger partial charge in [-0.3, -0.25) is 4.99 Å². The molecule has 0 bridgehead atoms. The summed E-state index contributed by atoms with van der Waals surface area (Å²) >= 11 is 0. The van der Waals surface area contributed by atoms with Crippen molar-refractivity contribution in [2.75, 3.05) is 38.8 Å². The molecule has 2 heterocycles. The van der Waals surface area contributed by atoms with E-state index >= 15 is 0 Å². The van der Waals surface area contributed by atoms with Crippen LogP contribution in [0.15, 0.2) is 41.5 Å². The normalized spacial score (nSPS) is 17.2. The molecule has 156 valence electrons. The van der Waals surface area contributed by atoms with E-state index in [1.54, 1.807) is 14.2 Å². The Morgan fingerprint density at radius 3 is 2.86 bits per heavy atom. The predicted octanol–water partition coefficient (Wildman–Crippen LogP) is 2.49. The van der Waals surface area contributed by atoms with Gasteiger partial charge in [0.05, 0.1) is 19.8 Å². The zero-order valence-electron chi connectivity index (χ0n) is 17.7. The molecule has 7 nitrogen and oxygen atoms in total. The van der Waals surface area contributed by atoms with Gasteiger partial charge in [0.1, 0.15) is 11.6 Å². The van der Waals surface area contributed by atoms with Crippen LogP contribution >= 0.6 is 0 Å². The molecular weight excluding hydrogens is 366 g/mol. The minimum atomic E-state index is 0.231. The molecule has 29 heavy (non-hydrogen) atoms. The average molecular weight is 398 g/mol. The molecule has 0 aliphatic carbocycles. The number of methoxy groups -OCH3 is 1. The second-order valence-electron chi connectivity index (χ2n) is 7.24. The lowest BCUT2D eigenvalue weighted by Gasteiger charge is -2.32. The summed E-state index contributed by atoms with van der Waals surface area (Å²) in [6.07, 6.45) is 2.09. The lowest BCUT2D eigenvalue weighted by molar-refractivity contribution is 0.0529. The number of hydrogen-bond donors (Lipinski definition) is 2. The molecular formula is C22H31N5O2. The van der Waals surface area contributed by atoms with Crippen molar-refractivity contribution in [3.05, 3.63) is 53.2 Å². The van der Waals surface area contributed by atoms with E-state index in [0.29, 0.717) is 13.1 Å². The number of ether oxygens (including phenoxy) is 2. The van der Waals surface area contributed by atoms with Crippen molar-refractivity contribution in [1.82, 2.24) is 15.6 Å². The Morgan fingerprint density at radius 1 is 1.28 bits per heavy atom. The summed E-state index contributed by atoms with van der Waals surface area (Å²) in [6.45, 7) is 7.93. The quantitative estimate of drug-likeness (QED) is 0.577. The second-order valence-corrected chi connectivity index (χ2v) is 7.24. The molecule has 1 unspecified atom stereocenters. The molecule has 3 rings (SSSR count). The molecule has 2 aromatic rings. The van der Waals surface area contributed by atoms with Crippen molar-refractivity contribution in [2.45, 2.75) is 33.0 Å². The number of guanidine groups is 1. The maximum Gasteiger partial charge on any atom is 0.191 e. The van der Waals surface area contributed by atoms with Crippen LogP contribution in [-0.4, -0.2) is 50.9 Å². The van der Waals surface area contributed by atoms with Crippen LogP contribution in [0.1, 0.15) is 23.6 Å². The monoisotopic (exact) mass is 397 g/mol. The maximum atomic E-state index is 5.62. The van der Waals surface area contributed by atoms with Crippen LogP contribution < -0.4 is 20.3 Å². The first-order valence-corrected chi connectivity index (χ1v) is 9.98. The van der Waals surface area contributed by atoms with Crippen molar-refractivity contribution in [2.24, 2.45) is 4.99 Å². The molecule has 1 aromatic heterocycles. The summed E-state index contributed by atoms with van der Waals surface area (Å²) in [6, 6.07) is 10.4. The van der Waals surface area contributed by atoms with E-state index < -0.39 is 0 Å². The van der Waals surface area contributed by atoms with Gasteiger partial charge >= 0.3 is 0 Å². The number of anilines is 1. The molecule has 2 N–H and O–H groups in total. The number of hydrogen-bond acceptors (Lipinski definition) is 5. The van der Waals surface area contributed by atoms with Crippen LogP contribution in [0.5, 0.6) is 5.75 Å². The number of benzene rings is 1. The van der Waals surface area contributed by atoms with Crippen molar-refractivity contribution < 1.29 is 9.47 Å². The highest BCUT2D eigenvalue weighted by Gasteiger charge is 2.18. The van der Waals surface area contributed by atoms with Gasteiger partial charge in [-0.25, -0.2) is 4.98 Å². The highest BCUT2D eigenvalue weighted by molar-refractivity contribution is 5.79. The Morgan fingerprint density at radius 2 is 2.10 bits per heavy atom. The molecule has 1 fully saturated rings. The van der Waals surface area contributed by atoms with Crippen LogP contribution in [0.25, 0.3) is 0 Å². The third-order valence-corrected chi connectivity index (χ3v) is 4.95. The van der Waals surface area contributed by atoms with Crippen molar-refractivity contribution in [3.8, 4) is 5.75 Å². The van der Waals surface area contributed by atoms with Gasteiger partial charge in [-0.15, -0.1) is 0 Å². The van der Waals surface area contributed by atoms with Gasteiger partial charge in [0, 0.05) is 45.0 Å². The van der Waals surface area contributed by atoms with Gasteiger partial charge in [0.2, 0.25) is 0 Å². The predicted molar refractivity (Wildman–Crippen MR) is 117 cm³/mol. The number of aliphatic imine (C=N–C) groups is 1. The molecule has 0 amide bonds. The van der Waals surface area contributed by atoms with Crippen LogP contribution in [0.2, 0.25) is 0 Å². The summed E-state index contributed by atoms with van der Waals surface area (Å²) in [5.41, 5.74) is 3.43. The smallest absolute Gasteiger partial charge is 0.191 e. The van der Waals surface area contributed by atoms with Crippen molar-refractivity contribution in [3.63, 3.8) is 0 Å². The molecule has 1 aliphatic rings. The number of rotatable bonds is 6. The van der Waals surface area contributed by atoms with Gasteiger partial charge in [-0.05, 0) is 43.2 Å². The highest BCUT2D eigenvalue weighted by Crippen LogP contribution is 2.19. The highest BCUT2D eigenvalue weighted by atomic mass is 16.5. The molecule has 1 atom stereocenters. The molecule has 1 aromatic carbocycles. The number of morpholine rings is 1. The maximum absolute atomic E-state index is 5.62. The van der Waals surface area contributed by atoms with Crippen LogP contribution in [0.4, 0.5) is 5.82 Å². The van der Waals surface area contributed by atoms with Crippen LogP contribution in [0.3, 0.4) is 0 Å². The number of aryl methyl sites for hydroxylation is 1. The Labute approximate surface area is 173 Å². The van der Waals surface area contributed by atoms with E-state index in [1.165, 1.54) is 5.56 Å². The van der Waals surface area contributed by atoms with Gasteiger partial charge in [-0.1, -0.05) is 12.1 Å². The van der Waals surface area contributed by atoms with E-state index in [2.05, 4.69) is 57.6 Å². The first kappa shape index (κ1) is 20.9. The van der Waals surface area contributed by atoms with E-state index in [0.717, 1.165) is 48.4 Å². The number of nitrogens with zero attached hydrogens (tertiary/aromatic N) is 3. The lowest BCUT2D eigenvalue weighted by atomic mass is 10.1. The van der Waals surface area contributed by atoms with E-state index in [4.69, 9.17) is 9.47 Å². The summed E-state index contributed by atoms with van der Waals surface area (Å²) in [5.74, 6) is 2.62. The lowest BCUT2D eigenvalue weighted by Crippen LogP contribution is -2.41. The fraction of sp³-hybridized carbons (Fsp3) is 0.455. The third kappa shape index (κ3) is 5.84. The first-order valence-electron chi connectivity index (χ1n) is 9.98. The Hall–Kier alpha value is -2.80. The fourth-order valence-corrected chi connectivity index (χ4v) is 3.35. The Bertz CT molecular complexity index is 840. The fourth-order valence-electron chi connectivity index (χ4n) is 3.35. The Balaban J connectivity index is 1.56. The number of nitrogens with one attached hydrogen (secondary N) is 2. The standard InChI is InChI=1S/C22H31N5O2/c1-16-5-6-19(20(11-16)28-4)14-26-22(23-3)25-13-18-7-8-24-21(12-18)27-9-10-29-17(2)15-27/h5-8,11-12,17H,9-10,13-15H2,1-4H3,(H2,23,25,26). The SMILES string of the molecule is CN=C(NCc1ccnc(N2CCOC(C)C2)c1)NCc1ccc(C)cc1OC. The van der Waals surface area contributed by atoms with Crippen LogP contribution in [-0.2, 0) is 17.8 Å². The molecule has 1 aliphatic heterocycles. The van der Waals surface area contributed by atoms with E-state index in [-0.39, 0.29) is 6.10 Å². The second kappa shape index (κ2) is 10.1. The van der Waals surface area contributed by atoms with Gasteiger partial charge < -0.3 is 25.0 Å². The molecule has 0 radical (unpaired) electrons.